The monoisotopic (exact) mass is 709 g/mol. The zero-order valence-electron chi connectivity index (χ0n) is 33.6. The van der Waals surface area contributed by atoms with E-state index in [-0.39, 0.29) is 0 Å². The van der Waals surface area contributed by atoms with Gasteiger partial charge in [-0.3, -0.25) is 0 Å². The molecule has 0 saturated carbocycles. The SMILES string of the molecule is Bc1c(B)c(N(c2ccc(-c3cccc4oc5c6ccccc6ccc5c34)cc2)c2c(B)c(B)c(-c3ccccc3)c(B)c2B)c(B)c(B)c1-c1ccccc1. The minimum absolute atomic E-state index is 0.908. The Morgan fingerprint density at radius 3 is 1.41 bits per heavy atom. The van der Waals surface area contributed by atoms with Crippen LogP contribution in [0.2, 0.25) is 0 Å². The first-order valence-corrected chi connectivity index (χ1v) is 19.7. The van der Waals surface area contributed by atoms with Gasteiger partial charge in [0.25, 0.3) is 0 Å². The lowest BCUT2D eigenvalue weighted by molar-refractivity contribution is 0.673. The Kier molecular flexibility index (Phi) is 8.96. The topological polar surface area (TPSA) is 16.4 Å². The highest BCUT2D eigenvalue weighted by atomic mass is 16.3. The van der Waals surface area contributed by atoms with Crippen molar-refractivity contribution in [2.24, 2.45) is 0 Å². The minimum Gasteiger partial charge on any atom is -0.455 e. The van der Waals surface area contributed by atoms with Crippen LogP contribution in [0.1, 0.15) is 0 Å². The molecular formula is C46H39B8NO. The van der Waals surface area contributed by atoms with Gasteiger partial charge in [-0.05, 0) is 63.0 Å². The van der Waals surface area contributed by atoms with Crippen molar-refractivity contribution in [3.63, 3.8) is 0 Å². The Morgan fingerprint density at radius 1 is 0.375 bits per heavy atom. The maximum absolute atomic E-state index is 6.58. The molecule has 56 heavy (non-hydrogen) atoms. The maximum atomic E-state index is 6.58. The Balaban J connectivity index is 1.27. The second kappa shape index (κ2) is 14.0. The van der Waals surface area contributed by atoms with Crippen molar-refractivity contribution in [3.8, 4) is 33.4 Å². The third kappa shape index (κ3) is 5.61. The number of fused-ring (bicyclic) bond motifs is 5. The van der Waals surface area contributed by atoms with Gasteiger partial charge in [0.15, 0.2) is 0 Å². The van der Waals surface area contributed by atoms with E-state index in [1.165, 1.54) is 88.3 Å². The molecule has 0 N–H and O–H groups in total. The molecule has 0 saturated heterocycles. The molecule has 10 heteroatoms. The predicted molar refractivity (Wildman–Crippen MR) is 268 cm³/mol. The van der Waals surface area contributed by atoms with Gasteiger partial charge in [0.2, 0.25) is 0 Å². The fourth-order valence-electron chi connectivity index (χ4n) is 9.29. The summed E-state index contributed by atoms with van der Waals surface area (Å²) in [6.45, 7) is 0. The average molecular weight is 708 g/mol. The Morgan fingerprint density at radius 2 is 0.875 bits per heavy atom. The molecule has 9 rings (SSSR count). The van der Waals surface area contributed by atoms with E-state index in [9.17, 15) is 0 Å². The highest BCUT2D eigenvalue weighted by Crippen LogP contribution is 2.40. The molecule has 0 bridgehead atoms. The van der Waals surface area contributed by atoms with E-state index in [1.807, 2.05) is 0 Å². The molecule has 0 unspecified atom stereocenters. The van der Waals surface area contributed by atoms with Crippen LogP contribution in [0.5, 0.6) is 0 Å². The van der Waals surface area contributed by atoms with Crippen LogP contribution in [0.15, 0.2) is 144 Å². The molecule has 1 heterocycles. The molecule has 258 valence electrons. The van der Waals surface area contributed by atoms with Crippen LogP contribution in [0.25, 0.3) is 66.1 Å². The summed E-state index contributed by atoms with van der Waals surface area (Å²) in [7, 11) is 18.4. The van der Waals surface area contributed by atoms with Gasteiger partial charge in [-0.2, -0.15) is 0 Å². The van der Waals surface area contributed by atoms with Crippen molar-refractivity contribution < 1.29 is 4.42 Å². The largest absolute Gasteiger partial charge is 0.455 e. The van der Waals surface area contributed by atoms with Crippen molar-refractivity contribution in [2.75, 3.05) is 4.90 Å². The van der Waals surface area contributed by atoms with Gasteiger partial charge in [-0.15, -0.1) is 0 Å². The average Bonchev–Trinajstić information content (AvgIpc) is 3.63. The number of nitrogens with zero attached hydrogens (tertiary/aromatic N) is 1. The number of furan rings is 1. The molecule has 0 aliphatic carbocycles. The summed E-state index contributed by atoms with van der Waals surface area (Å²) in [6, 6.07) is 50.3. The van der Waals surface area contributed by atoms with Crippen LogP contribution in [-0.2, 0) is 0 Å². The number of rotatable bonds is 6. The van der Waals surface area contributed by atoms with Crippen molar-refractivity contribution in [2.45, 2.75) is 0 Å². The third-order valence-electron chi connectivity index (χ3n) is 12.6. The van der Waals surface area contributed by atoms with Gasteiger partial charge < -0.3 is 9.32 Å². The van der Waals surface area contributed by atoms with E-state index >= 15 is 0 Å². The van der Waals surface area contributed by atoms with Crippen LogP contribution in [-0.4, -0.2) is 62.8 Å². The van der Waals surface area contributed by atoms with Gasteiger partial charge in [0, 0.05) is 33.2 Å². The van der Waals surface area contributed by atoms with Gasteiger partial charge >= 0.3 is 0 Å². The molecule has 0 aliphatic rings. The zero-order valence-corrected chi connectivity index (χ0v) is 33.6. The molecular weight excluding hydrogens is 669 g/mol. The quantitative estimate of drug-likeness (QED) is 0.213. The fourth-order valence-corrected chi connectivity index (χ4v) is 9.29. The smallest absolute Gasteiger partial charge is 0.143 e. The molecule has 0 radical (unpaired) electrons. The Bertz CT molecular complexity index is 2830. The van der Waals surface area contributed by atoms with Crippen LogP contribution in [0.3, 0.4) is 0 Å². The third-order valence-corrected chi connectivity index (χ3v) is 12.6. The molecule has 0 amide bonds. The molecule has 9 aromatic rings. The lowest BCUT2D eigenvalue weighted by atomic mass is 9.63. The van der Waals surface area contributed by atoms with Crippen molar-refractivity contribution in [3.05, 3.63) is 140 Å². The van der Waals surface area contributed by atoms with Gasteiger partial charge in [0.05, 0.1) is 0 Å². The van der Waals surface area contributed by atoms with E-state index in [2.05, 4.69) is 207 Å². The van der Waals surface area contributed by atoms with E-state index in [0.717, 1.165) is 38.6 Å². The number of anilines is 3. The van der Waals surface area contributed by atoms with Crippen LogP contribution >= 0.6 is 0 Å². The lowest BCUT2D eigenvalue weighted by Gasteiger charge is -2.36. The Labute approximate surface area is 337 Å². The van der Waals surface area contributed by atoms with Crippen molar-refractivity contribution in [1.29, 1.82) is 0 Å². The molecule has 8 aromatic carbocycles. The molecule has 0 atom stereocenters. The number of hydrogen-bond acceptors (Lipinski definition) is 2. The number of benzene rings is 8. The van der Waals surface area contributed by atoms with E-state index in [0.29, 0.717) is 0 Å². The summed E-state index contributed by atoms with van der Waals surface area (Å²) in [4.78, 5) is 2.56. The van der Waals surface area contributed by atoms with Gasteiger partial charge in [0.1, 0.15) is 73.9 Å². The highest BCUT2D eigenvalue weighted by Gasteiger charge is 2.27. The van der Waals surface area contributed by atoms with Crippen molar-refractivity contribution >= 4 is 156 Å². The molecule has 0 aliphatic heterocycles. The minimum atomic E-state index is 0.908. The summed E-state index contributed by atoms with van der Waals surface area (Å²) >= 11 is 0. The molecule has 1 aromatic heterocycles. The Hall–Kier alpha value is -5.86. The van der Waals surface area contributed by atoms with Crippen molar-refractivity contribution in [1.82, 2.24) is 0 Å². The predicted octanol–water partition coefficient (Wildman–Crippen LogP) is -0.723. The normalized spacial score (nSPS) is 11.4. The molecule has 2 nitrogen and oxygen atoms in total. The van der Waals surface area contributed by atoms with Crippen LogP contribution in [0, 0.1) is 0 Å². The van der Waals surface area contributed by atoms with Gasteiger partial charge in [-0.1, -0.05) is 159 Å². The summed E-state index contributed by atoms with van der Waals surface area (Å²) in [5.74, 6) is 0. The summed E-state index contributed by atoms with van der Waals surface area (Å²) in [5, 5.41) is 4.63. The van der Waals surface area contributed by atoms with E-state index in [4.69, 9.17) is 4.42 Å². The van der Waals surface area contributed by atoms with E-state index < -0.39 is 0 Å². The first-order chi connectivity index (χ1) is 27.2. The summed E-state index contributed by atoms with van der Waals surface area (Å²) < 4.78 is 6.58. The second-order valence-electron chi connectivity index (χ2n) is 15.5. The van der Waals surface area contributed by atoms with E-state index in [1.54, 1.807) is 0 Å². The highest BCUT2D eigenvalue weighted by molar-refractivity contribution is 6.65. The zero-order chi connectivity index (χ0) is 38.8. The second-order valence-corrected chi connectivity index (χ2v) is 15.5. The number of hydrogen-bond donors (Lipinski definition) is 0. The van der Waals surface area contributed by atoms with Gasteiger partial charge in [-0.25, -0.2) is 0 Å². The first kappa shape index (κ1) is 35.8. The summed E-state index contributed by atoms with van der Waals surface area (Å²) in [5.41, 5.74) is 23.4. The standard InChI is InChI=1S/C46H39B8NO/c47-36-33(26-11-3-1-4-12-26)37(48)41(52)44(40(36)51)55(45-42(53)38(49)34(39(50)43(45)54)27-13-5-2-6-14-27)28-21-18-25(19-22-28)29-16-9-17-32-35(29)31-23-20-24-10-7-8-15-30(24)46(31)56-32/h1-23H,47-54H2. The lowest BCUT2D eigenvalue weighted by Crippen LogP contribution is -2.50. The molecule has 0 spiro atoms. The van der Waals surface area contributed by atoms with Crippen LogP contribution < -0.4 is 48.6 Å². The maximum Gasteiger partial charge on any atom is 0.143 e. The summed E-state index contributed by atoms with van der Waals surface area (Å²) in [6.07, 6.45) is 0. The first-order valence-electron chi connectivity index (χ1n) is 19.7. The van der Waals surface area contributed by atoms with Crippen LogP contribution in [0.4, 0.5) is 17.1 Å². The fraction of sp³-hybridized carbons (Fsp3) is 0. The molecule has 0 fully saturated rings.